The number of nitrogens with two attached hydrogens (primary N) is 1. The maximum Gasteiger partial charge on any atom is 0.331 e. The van der Waals surface area contributed by atoms with Crippen molar-refractivity contribution < 1.29 is 14.3 Å². The molecule has 1 aromatic rings. The molecule has 18 heavy (non-hydrogen) atoms. The first-order chi connectivity index (χ1) is 8.53. The highest BCUT2D eigenvalue weighted by atomic mass is 16.5. The molecule has 0 heterocycles. The second-order valence-electron chi connectivity index (χ2n) is 3.94. The van der Waals surface area contributed by atoms with Crippen molar-refractivity contribution in [2.24, 2.45) is 5.84 Å². The van der Waals surface area contributed by atoms with Crippen LogP contribution in [0.25, 0.3) is 0 Å². The van der Waals surface area contributed by atoms with E-state index < -0.39 is 0 Å². The van der Waals surface area contributed by atoms with Crippen LogP contribution in [-0.4, -0.2) is 32.2 Å². The minimum absolute atomic E-state index is 0.364. The molecular formula is C12H19N3O3. The number of hydrogen-bond acceptors (Lipinski definition) is 4. The number of urea groups is 1. The number of rotatable bonds is 4. The number of benzene rings is 1. The molecule has 0 bridgehead atoms. The van der Waals surface area contributed by atoms with E-state index in [1.165, 1.54) is 4.90 Å². The van der Waals surface area contributed by atoms with E-state index in [0.717, 1.165) is 16.9 Å². The fourth-order valence-electron chi connectivity index (χ4n) is 1.67. The Morgan fingerprint density at radius 1 is 1.33 bits per heavy atom. The summed E-state index contributed by atoms with van der Waals surface area (Å²) in [6, 6.07) is 3.37. The monoisotopic (exact) mass is 253 g/mol. The van der Waals surface area contributed by atoms with E-state index in [1.54, 1.807) is 21.3 Å². The molecule has 0 aliphatic carbocycles. The van der Waals surface area contributed by atoms with Gasteiger partial charge in [-0.25, -0.2) is 10.6 Å². The van der Waals surface area contributed by atoms with E-state index in [9.17, 15) is 4.79 Å². The van der Waals surface area contributed by atoms with Crippen molar-refractivity contribution in [1.82, 2.24) is 10.3 Å². The molecule has 0 spiro atoms. The molecule has 0 atom stereocenters. The van der Waals surface area contributed by atoms with E-state index in [2.05, 4.69) is 5.43 Å². The zero-order valence-electron chi connectivity index (χ0n) is 11.1. The molecule has 0 unspecified atom stereocenters. The van der Waals surface area contributed by atoms with Crippen molar-refractivity contribution in [3.63, 3.8) is 0 Å². The van der Waals surface area contributed by atoms with Crippen LogP contribution in [0.15, 0.2) is 12.1 Å². The smallest absolute Gasteiger partial charge is 0.331 e. The van der Waals surface area contributed by atoms with Crippen LogP contribution in [0.3, 0.4) is 0 Å². The lowest BCUT2D eigenvalue weighted by atomic mass is 10.1. The first-order valence-corrected chi connectivity index (χ1v) is 5.46. The van der Waals surface area contributed by atoms with Gasteiger partial charge in [0.2, 0.25) is 0 Å². The van der Waals surface area contributed by atoms with E-state index in [1.807, 2.05) is 19.1 Å². The predicted octanol–water partition coefficient (Wildman–Crippen LogP) is 1.03. The average molecular weight is 253 g/mol. The Morgan fingerprint density at radius 2 is 1.94 bits per heavy atom. The summed E-state index contributed by atoms with van der Waals surface area (Å²) in [5.41, 5.74) is 3.91. The Kier molecular flexibility index (Phi) is 4.79. The standard InChI is InChI=1S/C12H19N3O3/c1-8-5-11(18-4)9(6-10(8)17-3)7-15(2)12(16)14-13/h5-6H,7,13H2,1-4H3,(H,14,16). The van der Waals surface area contributed by atoms with Gasteiger partial charge >= 0.3 is 6.03 Å². The fourth-order valence-corrected chi connectivity index (χ4v) is 1.67. The maximum atomic E-state index is 11.4. The highest BCUT2D eigenvalue weighted by Gasteiger charge is 2.13. The van der Waals surface area contributed by atoms with Gasteiger partial charge in [0.05, 0.1) is 20.8 Å². The van der Waals surface area contributed by atoms with Crippen molar-refractivity contribution in [2.75, 3.05) is 21.3 Å². The topological polar surface area (TPSA) is 76.8 Å². The quantitative estimate of drug-likeness (QED) is 0.477. The lowest BCUT2D eigenvalue weighted by Crippen LogP contribution is -2.40. The van der Waals surface area contributed by atoms with Gasteiger partial charge in [0.1, 0.15) is 11.5 Å². The second kappa shape index (κ2) is 6.11. The molecule has 0 saturated heterocycles. The summed E-state index contributed by atoms with van der Waals surface area (Å²) in [4.78, 5) is 12.8. The van der Waals surface area contributed by atoms with Crippen LogP contribution in [-0.2, 0) is 6.54 Å². The summed E-state index contributed by atoms with van der Waals surface area (Å²) in [6.45, 7) is 2.31. The molecule has 1 aromatic carbocycles. The third-order valence-corrected chi connectivity index (χ3v) is 2.68. The molecule has 1 rings (SSSR count). The van der Waals surface area contributed by atoms with Gasteiger partial charge in [-0.2, -0.15) is 0 Å². The lowest BCUT2D eigenvalue weighted by Gasteiger charge is -2.19. The first kappa shape index (κ1) is 14.1. The second-order valence-corrected chi connectivity index (χ2v) is 3.94. The van der Waals surface area contributed by atoms with Crippen LogP contribution in [0.1, 0.15) is 11.1 Å². The molecular weight excluding hydrogens is 234 g/mol. The van der Waals surface area contributed by atoms with Crippen molar-refractivity contribution >= 4 is 6.03 Å². The summed E-state index contributed by atoms with van der Waals surface area (Å²) in [5.74, 6) is 6.55. The normalized spacial score (nSPS) is 9.83. The molecule has 3 N–H and O–H groups in total. The largest absolute Gasteiger partial charge is 0.496 e. The van der Waals surface area contributed by atoms with Gasteiger partial charge in [0.15, 0.2) is 0 Å². The third-order valence-electron chi connectivity index (χ3n) is 2.68. The van der Waals surface area contributed by atoms with Gasteiger partial charge in [-0.15, -0.1) is 0 Å². The number of methoxy groups -OCH3 is 2. The highest BCUT2D eigenvalue weighted by Crippen LogP contribution is 2.28. The number of carbonyl (C=O) groups excluding carboxylic acids is 1. The van der Waals surface area contributed by atoms with E-state index in [0.29, 0.717) is 12.3 Å². The summed E-state index contributed by atoms with van der Waals surface area (Å²) in [7, 11) is 4.84. The van der Waals surface area contributed by atoms with E-state index >= 15 is 0 Å². The molecule has 0 aliphatic rings. The summed E-state index contributed by atoms with van der Waals surface area (Å²) >= 11 is 0. The number of carbonyl (C=O) groups is 1. The summed E-state index contributed by atoms with van der Waals surface area (Å²) in [6.07, 6.45) is 0. The number of nitrogens with one attached hydrogen (secondary N) is 1. The van der Waals surface area contributed by atoms with Gasteiger partial charge in [-0.3, -0.25) is 5.43 Å². The number of ether oxygens (including phenoxy) is 2. The van der Waals surface area contributed by atoms with E-state index in [4.69, 9.17) is 15.3 Å². The number of nitrogens with zero attached hydrogens (tertiary/aromatic N) is 1. The summed E-state index contributed by atoms with van der Waals surface area (Å²) in [5, 5.41) is 0. The third kappa shape index (κ3) is 3.04. The number of amides is 2. The number of hydrazine groups is 1. The molecule has 0 fully saturated rings. The predicted molar refractivity (Wildman–Crippen MR) is 68.5 cm³/mol. The van der Waals surface area contributed by atoms with Crippen LogP contribution in [0.5, 0.6) is 11.5 Å². The molecule has 0 radical (unpaired) electrons. The SMILES string of the molecule is COc1cc(CN(C)C(=O)NN)c(OC)cc1C. The highest BCUT2D eigenvalue weighted by molar-refractivity contribution is 5.73. The number of aryl methyl sites for hydroxylation is 1. The molecule has 0 aliphatic heterocycles. The van der Waals surface area contributed by atoms with Gasteiger partial charge < -0.3 is 14.4 Å². The minimum atomic E-state index is -0.364. The van der Waals surface area contributed by atoms with E-state index in [-0.39, 0.29) is 6.03 Å². The Morgan fingerprint density at radius 3 is 2.44 bits per heavy atom. The Hall–Kier alpha value is -1.95. The van der Waals surface area contributed by atoms with Gasteiger partial charge in [-0.05, 0) is 24.6 Å². The van der Waals surface area contributed by atoms with Gasteiger partial charge in [0, 0.05) is 12.6 Å². The zero-order chi connectivity index (χ0) is 13.7. The fraction of sp³-hybridized carbons (Fsp3) is 0.417. The van der Waals surface area contributed by atoms with Crippen molar-refractivity contribution in [3.05, 3.63) is 23.3 Å². The van der Waals surface area contributed by atoms with Gasteiger partial charge in [0.25, 0.3) is 0 Å². The molecule has 0 aromatic heterocycles. The first-order valence-electron chi connectivity index (χ1n) is 5.46. The van der Waals surface area contributed by atoms with Crippen LogP contribution >= 0.6 is 0 Å². The minimum Gasteiger partial charge on any atom is -0.496 e. The van der Waals surface area contributed by atoms with Crippen molar-refractivity contribution in [3.8, 4) is 11.5 Å². The van der Waals surface area contributed by atoms with Gasteiger partial charge in [-0.1, -0.05) is 0 Å². The molecule has 6 heteroatoms. The average Bonchev–Trinajstić information content (AvgIpc) is 2.38. The summed E-state index contributed by atoms with van der Waals surface area (Å²) < 4.78 is 10.5. The van der Waals surface area contributed by atoms with Crippen LogP contribution in [0.2, 0.25) is 0 Å². The Bertz CT molecular complexity index is 435. The Balaban J connectivity index is 3.03. The molecule has 6 nitrogen and oxygen atoms in total. The van der Waals surface area contributed by atoms with Crippen LogP contribution in [0.4, 0.5) is 4.79 Å². The maximum absolute atomic E-state index is 11.4. The lowest BCUT2D eigenvalue weighted by molar-refractivity contribution is 0.206. The van der Waals surface area contributed by atoms with Crippen molar-refractivity contribution in [1.29, 1.82) is 0 Å². The van der Waals surface area contributed by atoms with Crippen molar-refractivity contribution in [2.45, 2.75) is 13.5 Å². The number of hydrogen-bond donors (Lipinski definition) is 2. The molecule has 0 saturated carbocycles. The molecule has 100 valence electrons. The van der Waals surface area contributed by atoms with Crippen LogP contribution < -0.4 is 20.7 Å². The zero-order valence-corrected chi connectivity index (χ0v) is 11.1. The van der Waals surface area contributed by atoms with Crippen LogP contribution in [0, 0.1) is 6.92 Å². The molecule has 2 amide bonds. The Labute approximate surface area is 107 Å².